The Bertz CT molecular complexity index is 650. The van der Waals surface area contributed by atoms with Gasteiger partial charge in [0.2, 0.25) is 5.88 Å². The van der Waals surface area contributed by atoms with Gasteiger partial charge in [-0.2, -0.15) is 5.10 Å². The third kappa shape index (κ3) is 5.75. The van der Waals surface area contributed by atoms with Gasteiger partial charge in [-0.1, -0.05) is 49.1 Å². The molecule has 1 aliphatic rings. The van der Waals surface area contributed by atoms with Crippen LogP contribution >= 0.6 is 12.4 Å². The summed E-state index contributed by atoms with van der Waals surface area (Å²) in [4.78, 5) is 0. The topological polar surface area (TPSA) is 39.1 Å². The number of aromatic nitrogens is 2. The number of rotatable bonds is 7. The zero-order chi connectivity index (χ0) is 16.8. The predicted molar refractivity (Wildman–Crippen MR) is 104 cm³/mol. The van der Waals surface area contributed by atoms with Gasteiger partial charge in [0.05, 0.1) is 5.69 Å². The van der Waals surface area contributed by atoms with Crippen molar-refractivity contribution in [1.29, 1.82) is 0 Å². The van der Waals surface area contributed by atoms with Crippen molar-refractivity contribution >= 4 is 12.4 Å². The molecule has 0 spiro atoms. The lowest BCUT2D eigenvalue weighted by Gasteiger charge is -2.22. The molecule has 1 aromatic carbocycles. The van der Waals surface area contributed by atoms with Crippen LogP contribution < -0.4 is 10.1 Å². The smallest absolute Gasteiger partial charge is 0.212 e. The van der Waals surface area contributed by atoms with E-state index >= 15 is 0 Å². The van der Waals surface area contributed by atoms with E-state index in [2.05, 4.69) is 47.3 Å². The SMILES string of the molecule is CNCc1cc(OCc2cccc(C)c2)n(CC2CCCCC2)n1.Cl. The Balaban J connectivity index is 0.00000225. The molecule has 0 unspecified atom stereocenters. The van der Waals surface area contributed by atoms with Crippen molar-refractivity contribution in [1.82, 2.24) is 15.1 Å². The number of hydrogen-bond acceptors (Lipinski definition) is 3. The van der Waals surface area contributed by atoms with E-state index in [0.29, 0.717) is 6.61 Å². The van der Waals surface area contributed by atoms with Gasteiger partial charge in [0, 0.05) is 19.2 Å². The zero-order valence-electron chi connectivity index (χ0n) is 15.3. The second-order valence-electron chi connectivity index (χ2n) is 6.97. The van der Waals surface area contributed by atoms with Crippen LogP contribution in [0.1, 0.15) is 48.9 Å². The van der Waals surface area contributed by atoms with Crippen LogP contribution in [0.15, 0.2) is 30.3 Å². The molecule has 1 heterocycles. The number of hydrogen-bond donors (Lipinski definition) is 1. The highest BCUT2D eigenvalue weighted by Crippen LogP contribution is 2.27. The molecule has 0 amide bonds. The average Bonchev–Trinajstić information content (AvgIpc) is 2.96. The van der Waals surface area contributed by atoms with Gasteiger partial charge in [0.25, 0.3) is 0 Å². The maximum absolute atomic E-state index is 6.12. The van der Waals surface area contributed by atoms with E-state index in [0.717, 1.165) is 30.6 Å². The Morgan fingerprint density at radius 1 is 1.20 bits per heavy atom. The first-order valence-corrected chi connectivity index (χ1v) is 9.14. The maximum Gasteiger partial charge on any atom is 0.212 e. The van der Waals surface area contributed by atoms with Gasteiger partial charge >= 0.3 is 0 Å². The van der Waals surface area contributed by atoms with Crippen molar-refractivity contribution in [3.8, 4) is 5.88 Å². The number of ether oxygens (including phenoxy) is 1. The van der Waals surface area contributed by atoms with Crippen LogP contribution in [0.3, 0.4) is 0 Å². The molecule has 0 radical (unpaired) electrons. The first-order valence-electron chi connectivity index (χ1n) is 9.14. The Morgan fingerprint density at radius 3 is 2.72 bits per heavy atom. The Labute approximate surface area is 157 Å². The number of nitrogens with one attached hydrogen (secondary N) is 1. The summed E-state index contributed by atoms with van der Waals surface area (Å²) in [6, 6.07) is 10.6. The van der Waals surface area contributed by atoms with Crippen LogP contribution in [0.5, 0.6) is 5.88 Å². The summed E-state index contributed by atoms with van der Waals surface area (Å²) >= 11 is 0. The molecule has 0 aliphatic heterocycles. The van der Waals surface area contributed by atoms with Crippen molar-refractivity contribution in [2.24, 2.45) is 5.92 Å². The molecule has 1 aromatic heterocycles. The van der Waals surface area contributed by atoms with E-state index in [1.807, 2.05) is 7.05 Å². The fraction of sp³-hybridized carbons (Fsp3) is 0.550. The molecule has 1 aliphatic carbocycles. The number of halogens is 1. The number of aryl methyl sites for hydroxylation is 1. The molecule has 0 bridgehead atoms. The van der Waals surface area contributed by atoms with E-state index in [4.69, 9.17) is 9.84 Å². The van der Waals surface area contributed by atoms with E-state index in [1.165, 1.54) is 43.2 Å². The minimum absolute atomic E-state index is 0. The van der Waals surface area contributed by atoms with Crippen LogP contribution in [-0.2, 0) is 19.7 Å². The summed E-state index contributed by atoms with van der Waals surface area (Å²) < 4.78 is 8.20. The van der Waals surface area contributed by atoms with Crippen molar-refractivity contribution < 1.29 is 4.74 Å². The second-order valence-corrected chi connectivity index (χ2v) is 6.97. The summed E-state index contributed by atoms with van der Waals surface area (Å²) in [6.45, 7) is 4.46. The first-order chi connectivity index (χ1) is 11.7. The fourth-order valence-electron chi connectivity index (χ4n) is 3.54. The van der Waals surface area contributed by atoms with E-state index in [9.17, 15) is 0 Å². The molecular weight excluding hydrogens is 334 g/mol. The van der Waals surface area contributed by atoms with Crippen molar-refractivity contribution in [3.05, 3.63) is 47.2 Å². The molecule has 3 rings (SSSR count). The number of nitrogens with zero attached hydrogens (tertiary/aromatic N) is 2. The molecular formula is C20H30ClN3O. The van der Waals surface area contributed by atoms with E-state index in [-0.39, 0.29) is 12.4 Å². The normalized spacial score (nSPS) is 15.0. The third-order valence-corrected chi connectivity index (χ3v) is 4.78. The molecule has 4 nitrogen and oxygen atoms in total. The largest absolute Gasteiger partial charge is 0.473 e. The Morgan fingerprint density at radius 2 is 2.00 bits per heavy atom. The lowest BCUT2D eigenvalue weighted by Crippen LogP contribution is -2.16. The molecule has 1 N–H and O–H groups in total. The summed E-state index contributed by atoms with van der Waals surface area (Å²) in [5, 5.41) is 7.93. The van der Waals surface area contributed by atoms with E-state index in [1.54, 1.807) is 0 Å². The van der Waals surface area contributed by atoms with Crippen LogP contribution in [-0.4, -0.2) is 16.8 Å². The fourth-order valence-corrected chi connectivity index (χ4v) is 3.54. The molecule has 0 saturated heterocycles. The molecule has 1 fully saturated rings. The van der Waals surface area contributed by atoms with Gasteiger partial charge in [-0.25, -0.2) is 4.68 Å². The average molecular weight is 364 g/mol. The van der Waals surface area contributed by atoms with Gasteiger partial charge in [-0.05, 0) is 38.3 Å². The minimum atomic E-state index is 0. The van der Waals surface area contributed by atoms with Gasteiger partial charge in [-0.15, -0.1) is 12.4 Å². The van der Waals surface area contributed by atoms with Crippen molar-refractivity contribution in [2.45, 2.75) is 58.7 Å². The van der Waals surface area contributed by atoms with Gasteiger partial charge in [-0.3, -0.25) is 0 Å². The molecule has 138 valence electrons. The van der Waals surface area contributed by atoms with Crippen LogP contribution in [0, 0.1) is 12.8 Å². The van der Waals surface area contributed by atoms with Crippen molar-refractivity contribution in [2.75, 3.05) is 7.05 Å². The third-order valence-electron chi connectivity index (χ3n) is 4.78. The summed E-state index contributed by atoms with van der Waals surface area (Å²) in [5.41, 5.74) is 3.52. The van der Waals surface area contributed by atoms with E-state index < -0.39 is 0 Å². The van der Waals surface area contributed by atoms with Crippen LogP contribution in [0.4, 0.5) is 0 Å². The highest BCUT2D eigenvalue weighted by Gasteiger charge is 2.17. The Kier molecular flexibility index (Phi) is 7.79. The summed E-state index contributed by atoms with van der Waals surface area (Å²) in [5.74, 6) is 1.63. The lowest BCUT2D eigenvalue weighted by atomic mass is 9.89. The van der Waals surface area contributed by atoms with Crippen molar-refractivity contribution in [3.63, 3.8) is 0 Å². The maximum atomic E-state index is 6.12. The predicted octanol–water partition coefficient (Wildman–Crippen LogP) is 4.49. The highest BCUT2D eigenvalue weighted by molar-refractivity contribution is 5.85. The Hall–Kier alpha value is -1.52. The lowest BCUT2D eigenvalue weighted by molar-refractivity contribution is 0.245. The van der Waals surface area contributed by atoms with Gasteiger partial charge in [0.15, 0.2) is 0 Å². The molecule has 0 atom stereocenters. The quantitative estimate of drug-likeness (QED) is 0.787. The van der Waals surface area contributed by atoms with Crippen LogP contribution in [0.25, 0.3) is 0 Å². The molecule has 1 saturated carbocycles. The molecule has 25 heavy (non-hydrogen) atoms. The monoisotopic (exact) mass is 363 g/mol. The minimum Gasteiger partial charge on any atom is -0.473 e. The highest BCUT2D eigenvalue weighted by atomic mass is 35.5. The van der Waals surface area contributed by atoms with Gasteiger partial charge in [0.1, 0.15) is 6.61 Å². The summed E-state index contributed by atoms with van der Waals surface area (Å²) in [7, 11) is 1.95. The zero-order valence-corrected chi connectivity index (χ0v) is 16.1. The standard InChI is InChI=1S/C20H29N3O.ClH/c1-16-7-6-10-18(11-16)15-24-20-12-19(13-21-2)22-23(20)14-17-8-4-3-5-9-17;/h6-7,10-12,17,21H,3-5,8-9,13-15H2,1-2H3;1H. The molecule has 2 aromatic rings. The first kappa shape index (κ1) is 19.8. The van der Waals surface area contributed by atoms with Gasteiger partial charge < -0.3 is 10.1 Å². The molecule has 5 heteroatoms. The second kappa shape index (κ2) is 9.83. The van der Waals surface area contributed by atoms with Crippen LogP contribution in [0.2, 0.25) is 0 Å². The summed E-state index contributed by atoms with van der Waals surface area (Å²) in [6.07, 6.45) is 6.73. The number of benzene rings is 1.